The first-order valence-corrected chi connectivity index (χ1v) is 6.06. The summed E-state index contributed by atoms with van der Waals surface area (Å²) in [5.74, 6) is 0.0411. The summed E-state index contributed by atoms with van der Waals surface area (Å²) in [5, 5.41) is 2.87. The number of anilines is 2. The van der Waals surface area contributed by atoms with E-state index in [1.807, 2.05) is 0 Å². The van der Waals surface area contributed by atoms with E-state index in [-0.39, 0.29) is 18.1 Å². The summed E-state index contributed by atoms with van der Waals surface area (Å²) in [6.07, 6.45) is 0. The lowest BCUT2D eigenvalue weighted by molar-refractivity contribution is 0.101. The number of hydrogen-bond donors (Lipinski definition) is 2. The molecule has 0 heterocycles. The molecule has 0 fully saturated rings. The van der Waals surface area contributed by atoms with E-state index in [4.69, 9.17) is 10.5 Å². The third-order valence-corrected chi connectivity index (χ3v) is 2.83. The Kier molecular flexibility index (Phi) is 4.20. The molecular formula is C15H15FN2O2. The fourth-order valence-corrected chi connectivity index (χ4v) is 1.79. The van der Waals surface area contributed by atoms with Crippen molar-refractivity contribution in [1.29, 1.82) is 0 Å². The summed E-state index contributed by atoms with van der Waals surface area (Å²) in [7, 11) is 1.51. The number of rotatable bonds is 5. The maximum Gasteiger partial charge on any atom is 0.181 e. The highest BCUT2D eigenvalue weighted by Gasteiger charge is 2.08. The van der Waals surface area contributed by atoms with Crippen LogP contribution in [0.25, 0.3) is 0 Å². The van der Waals surface area contributed by atoms with Gasteiger partial charge < -0.3 is 15.8 Å². The smallest absolute Gasteiger partial charge is 0.181 e. The molecule has 2 aromatic rings. The molecule has 0 aliphatic carbocycles. The van der Waals surface area contributed by atoms with Gasteiger partial charge in [-0.25, -0.2) is 4.39 Å². The molecule has 0 saturated heterocycles. The van der Waals surface area contributed by atoms with E-state index in [1.54, 1.807) is 30.3 Å². The minimum Gasteiger partial charge on any atom is -0.495 e. The van der Waals surface area contributed by atoms with Crippen molar-refractivity contribution in [2.24, 2.45) is 0 Å². The number of carbonyl (C=O) groups is 1. The van der Waals surface area contributed by atoms with E-state index < -0.39 is 0 Å². The SMILES string of the molecule is COc1ccc(C(=O)CNc2cccc(F)c2)cc1N. The Balaban J connectivity index is 2.03. The molecule has 104 valence electrons. The normalized spacial score (nSPS) is 10.1. The van der Waals surface area contributed by atoms with Crippen molar-refractivity contribution in [1.82, 2.24) is 0 Å². The number of Topliss-reactive ketones (excluding diaryl/α,β-unsaturated/α-hetero) is 1. The van der Waals surface area contributed by atoms with Crippen LogP contribution in [-0.4, -0.2) is 19.4 Å². The molecule has 0 amide bonds. The number of ether oxygens (including phenoxy) is 1. The highest BCUT2D eigenvalue weighted by Crippen LogP contribution is 2.22. The fourth-order valence-electron chi connectivity index (χ4n) is 1.79. The average molecular weight is 274 g/mol. The number of hydrogen-bond acceptors (Lipinski definition) is 4. The molecule has 0 atom stereocenters. The Labute approximate surface area is 116 Å². The summed E-state index contributed by atoms with van der Waals surface area (Å²) in [4.78, 5) is 12.0. The molecule has 0 spiro atoms. The average Bonchev–Trinajstić information content (AvgIpc) is 2.44. The van der Waals surface area contributed by atoms with Gasteiger partial charge in [-0.1, -0.05) is 6.07 Å². The van der Waals surface area contributed by atoms with Gasteiger partial charge in [0.05, 0.1) is 19.3 Å². The number of benzene rings is 2. The van der Waals surface area contributed by atoms with Crippen molar-refractivity contribution in [3.63, 3.8) is 0 Å². The van der Waals surface area contributed by atoms with Gasteiger partial charge in [0.2, 0.25) is 0 Å². The molecule has 2 rings (SSSR count). The van der Waals surface area contributed by atoms with Crippen LogP contribution in [0.3, 0.4) is 0 Å². The van der Waals surface area contributed by atoms with Crippen molar-refractivity contribution in [2.75, 3.05) is 24.7 Å². The van der Waals surface area contributed by atoms with Crippen LogP contribution in [0.1, 0.15) is 10.4 Å². The first kappa shape index (κ1) is 13.9. The van der Waals surface area contributed by atoms with E-state index in [0.717, 1.165) is 0 Å². The van der Waals surface area contributed by atoms with Gasteiger partial charge in [0.1, 0.15) is 11.6 Å². The maximum atomic E-state index is 13.0. The first-order chi connectivity index (χ1) is 9.60. The topological polar surface area (TPSA) is 64.3 Å². The zero-order chi connectivity index (χ0) is 14.5. The maximum absolute atomic E-state index is 13.0. The second-order valence-electron chi connectivity index (χ2n) is 4.24. The molecule has 0 bridgehead atoms. The molecule has 0 aromatic heterocycles. The highest BCUT2D eigenvalue weighted by molar-refractivity contribution is 6.00. The predicted molar refractivity (Wildman–Crippen MR) is 76.6 cm³/mol. The third kappa shape index (κ3) is 3.26. The molecule has 3 N–H and O–H groups in total. The van der Waals surface area contributed by atoms with E-state index in [9.17, 15) is 9.18 Å². The van der Waals surface area contributed by atoms with Gasteiger partial charge in [-0.05, 0) is 36.4 Å². The number of methoxy groups -OCH3 is 1. The molecule has 0 aliphatic rings. The third-order valence-electron chi connectivity index (χ3n) is 2.83. The first-order valence-electron chi connectivity index (χ1n) is 6.06. The molecule has 0 radical (unpaired) electrons. The van der Waals surface area contributed by atoms with E-state index >= 15 is 0 Å². The number of nitrogens with one attached hydrogen (secondary N) is 1. The minimum absolute atomic E-state index is 0.0647. The zero-order valence-corrected chi connectivity index (χ0v) is 11.0. The molecular weight excluding hydrogens is 259 g/mol. The van der Waals surface area contributed by atoms with Crippen LogP contribution in [0.2, 0.25) is 0 Å². The van der Waals surface area contributed by atoms with Crippen LogP contribution in [0.5, 0.6) is 5.75 Å². The van der Waals surface area contributed by atoms with E-state index in [0.29, 0.717) is 22.7 Å². The van der Waals surface area contributed by atoms with Crippen LogP contribution >= 0.6 is 0 Å². The molecule has 4 nitrogen and oxygen atoms in total. The van der Waals surface area contributed by atoms with Crippen molar-refractivity contribution in [3.05, 3.63) is 53.8 Å². The zero-order valence-electron chi connectivity index (χ0n) is 11.0. The lowest BCUT2D eigenvalue weighted by Crippen LogP contribution is -2.14. The van der Waals surface area contributed by atoms with Crippen LogP contribution in [0, 0.1) is 5.82 Å². The van der Waals surface area contributed by atoms with Gasteiger partial charge in [0.15, 0.2) is 5.78 Å². The highest BCUT2D eigenvalue weighted by atomic mass is 19.1. The Morgan fingerprint density at radius 1 is 1.30 bits per heavy atom. The lowest BCUT2D eigenvalue weighted by Gasteiger charge is -2.08. The van der Waals surface area contributed by atoms with Gasteiger partial charge in [-0.2, -0.15) is 0 Å². The Morgan fingerprint density at radius 3 is 2.75 bits per heavy atom. The molecule has 5 heteroatoms. The molecule has 20 heavy (non-hydrogen) atoms. The quantitative estimate of drug-likeness (QED) is 0.650. The van der Waals surface area contributed by atoms with Crippen LogP contribution < -0.4 is 15.8 Å². The Hall–Kier alpha value is -2.56. The van der Waals surface area contributed by atoms with Crippen molar-refractivity contribution >= 4 is 17.2 Å². The minimum atomic E-state index is -0.351. The lowest BCUT2D eigenvalue weighted by atomic mass is 10.1. The molecule has 2 aromatic carbocycles. The largest absolute Gasteiger partial charge is 0.495 e. The predicted octanol–water partition coefficient (Wildman–Crippen LogP) is 2.71. The van der Waals surface area contributed by atoms with E-state index in [1.165, 1.54) is 19.2 Å². The van der Waals surface area contributed by atoms with Crippen LogP contribution in [-0.2, 0) is 0 Å². The van der Waals surface area contributed by atoms with Gasteiger partial charge in [0, 0.05) is 11.3 Å². The van der Waals surface area contributed by atoms with Crippen LogP contribution in [0.15, 0.2) is 42.5 Å². The van der Waals surface area contributed by atoms with Gasteiger partial charge >= 0.3 is 0 Å². The van der Waals surface area contributed by atoms with Gasteiger partial charge in [-0.15, -0.1) is 0 Å². The summed E-state index contributed by atoms with van der Waals surface area (Å²) >= 11 is 0. The standard InChI is InChI=1S/C15H15FN2O2/c1-20-15-6-5-10(7-13(15)17)14(19)9-18-12-4-2-3-11(16)8-12/h2-8,18H,9,17H2,1H3. The monoisotopic (exact) mass is 274 g/mol. The summed E-state index contributed by atoms with van der Waals surface area (Å²) in [5.41, 5.74) is 7.19. The van der Waals surface area contributed by atoms with Crippen LogP contribution in [0.4, 0.5) is 15.8 Å². The molecule has 0 unspecified atom stereocenters. The summed E-state index contributed by atoms with van der Waals surface area (Å²) in [6.45, 7) is 0.0647. The van der Waals surface area contributed by atoms with Gasteiger partial charge in [-0.3, -0.25) is 4.79 Å². The summed E-state index contributed by atoms with van der Waals surface area (Å²) in [6, 6.07) is 10.8. The summed E-state index contributed by atoms with van der Waals surface area (Å²) < 4.78 is 18.0. The second-order valence-corrected chi connectivity index (χ2v) is 4.24. The van der Waals surface area contributed by atoms with Crippen molar-refractivity contribution in [3.8, 4) is 5.75 Å². The number of halogens is 1. The molecule has 0 aliphatic heterocycles. The fraction of sp³-hybridized carbons (Fsp3) is 0.133. The number of nitrogen functional groups attached to an aromatic ring is 1. The molecule has 0 saturated carbocycles. The Morgan fingerprint density at radius 2 is 2.10 bits per heavy atom. The number of ketones is 1. The number of carbonyl (C=O) groups excluding carboxylic acids is 1. The van der Waals surface area contributed by atoms with Crippen molar-refractivity contribution < 1.29 is 13.9 Å². The van der Waals surface area contributed by atoms with Gasteiger partial charge in [0.25, 0.3) is 0 Å². The van der Waals surface area contributed by atoms with E-state index in [2.05, 4.69) is 5.32 Å². The van der Waals surface area contributed by atoms with Crippen molar-refractivity contribution in [2.45, 2.75) is 0 Å². The second kappa shape index (κ2) is 6.06. The Bertz CT molecular complexity index is 629. The number of nitrogens with two attached hydrogens (primary N) is 1.